The van der Waals surface area contributed by atoms with Gasteiger partial charge in [-0.1, -0.05) is 29.3 Å². The Morgan fingerprint density at radius 2 is 1.70 bits per heavy atom. The van der Waals surface area contributed by atoms with E-state index in [1.54, 1.807) is 19.1 Å². The standard InChI is InChI=1S/C17H20FNO/c1-11-6-12(2)8-14(7-11)17(19)10-20-15-4-5-16(18)13(3)9-15/h4-9,17H,10,19H2,1-3H3. The summed E-state index contributed by atoms with van der Waals surface area (Å²) in [5.41, 5.74) is 10.2. The van der Waals surface area contributed by atoms with Gasteiger partial charge < -0.3 is 10.5 Å². The van der Waals surface area contributed by atoms with Crippen molar-refractivity contribution in [2.24, 2.45) is 5.73 Å². The van der Waals surface area contributed by atoms with E-state index in [1.807, 2.05) is 13.8 Å². The average molecular weight is 273 g/mol. The van der Waals surface area contributed by atoms with Crippen molar-refractivity contribution in [1.29, 1.82) is 0 Å². The quantitative estimate of drug-likeness (QED) is 0.918. The molecule has 20 heavy (non-hydrogen) atoms. The average Bonchev–Trinajstić information content (AvgIpc) is 2.38. The van der Waals surface area contributed by atoms with Crippen LogP contribution in [0.2, 0.25) is 0 Å². The molecule has 0 heterocycles. The summed E-state index contributed by atoms with van der Waals surface area (Å²) >= 11 is 0. The molecule has 0 aliphatic rings. The van der Waals surface area contributed by atoms with E-state index in [1.165, 1.54) is 17.2 Å². The molecule has 106 valence electrons. The first-order valence-electron chi connectivity index (χ1n) is 6.68. The Labute approximate surface area is 119 Å². The Morgan fingerprint density at radius 1 is 1.05 bits per heavy atom. The van der Waals surface area contributed by atoms with E-state index in [9.17, 15) is 4.39 Å². The normalized spacial score (nSPS) is 12.2. The molecule has 0 aliphatic carbocycles. The molecule has 2 aromatic rings. The molecule has 0 spiro atoms. The van der Waals surface area contributed by atoms with E-state index < -0.39 is 0 Å². The fourth-order valence-corrected chi connectivity index (χ4v) is 2.21. The Balaban J connectivity index is 2.04. The van der Waals surface area contributed by atoms with Gasteiger partial charge in [0.05, 0.1) is 6.04 Å². The Morgan fingerprint density at radius 3 is 2.30 bits per heavy atom. The van der Waals surface area contributed by atoms with E-state index in [0.717, 1.165) is 5.56 Å². The number of halogens is 1. The first-order chi connectivity index (χ1) is 9.45. The van der Waals surface area contributed by atoms with Crippen LogP contribution in [0.3, 0.4) is 0 Å². The fourth-order valence-electron chi connectivity index (χ4n) is 2.21. The molecule has 3 heteroatoms. The van der Waals surface area contributed by atoms with Gasteiger partial charge in [0.2, 0.25) is 0 Å². The van der Waals surface area contributed by atoms with E-state index in [0.29, 0.717) is 17.9 Å². The lowest BCUT2D eigenvalue weighted by molar-refractivity contribution is 0.290. The number of benzene rings is 2. The van der Waals surface area contributed by atoms with Crippen molar-refractivity contribution in [3.05, 3.63) is 64.5 Å². The minimum atomic E-state index is -0.226. The first-order valence-corrected chi connectivity index (χ1v) is 6.68. The van der Waals surface area contributed by atoms with Gasteiger partial charge in [0.15, 0.2) is 0 Å². The molecule has 1 unspecified atom stereocenters. The smallest absolute Gasteiger partial charge is 0.126 e. The molecule has 0 saturated heterocycles. The van der Waals surface area contributed by atoms with Gasteiger partial charge in [0.1, 0.15) is 18.2 Å². The number of hydrogen-bond acceptors (Lipinski definition) is 2. The summed E-state index contributed by atoms with van der Waals surface area (Å²) in [6.45, 7) is 6.18. The van der Waals surface area contributed by atoms with Crippen LogP contribution in [0.15, 0.2) is 36.4 Å². The van der Waals surface area contributed by atoms with Crippen molar-refractivity contribution in [1.82, 2.24) is 0 Å². The molecule has 2 rings (SSSR count). The highest BCUT2D eigenvalue weighted by molar-refractivity contribution is 5.31. The second kappa shape index (κ2) is 6.06. The van der Waals surface area contributed by atoms with Gasteiger partial charge in [-0.3, -0.25) is 0 Å². The third-order valence-corrected chi connectivity index (χ3v) is 3.23. The lowest BCUT2D eigenvalue weighted by atomic mass is 10.0. The van der Waals surface area contributed by atoms with Crippen LogP contribution in [-0.4, -0.2) is 6.61 Å². The molecule has 2 nitrogen and oxygen atoms in total. The second-order valence-electron chi connectivity index (χ2n) is 5.25. The topological polar surface area (TPSA) is 35.2 Å². The number of nitrogens with two attached hydrogens (primary N) is 1. The molecule has 1 atom stereocenters. The van der Waals surface area contributed by atoms with E-state index in [4.69, 9.17) is 10.5 Å². The van der Waals surface area contributed by atoms with Gasteiger partial charge >= 0.3 is 0 Å². The monoisotopic (exact) mass is 273 g/mol. The fraction of sp³-hybridized carbons (Fsp3) is 0.294. The highest BCUT2D eigenvalue weighted by Crippen LogP contribution is 2.19. The van der Waals surface area contributed by atoms with E-state index >= 15 is 0 Å². The molecular weight excluding hydrogens is 253 g/mol. The van der Waals surface area contributed by atoms with Crippen molar-refractivity contribution >= 4 is 0 Å². The predicted molar refractivity (Wildman–Crippen MR) is 79.5 cm³/mol. The molecule has 0 fully saturated rings. The highest BCUT2D eigenvalue weighted by Gasteiger charge is 2.09. The summed E-state index contributed by atoms with van der Waals surface area (Å²) in [4.78, 5) is 0. The number of hydrogen-bond donors (Lipinski definition) is 1. The third kappa shape index (κ3) is 3.58. The van der Waals surface area contributed by atoms with Crippen LogP contribution in [0.5, 0.6) is 5.75 Å². The van der Waals surface area contributed by atoms with Crippen LogP contribution in [0, 0.1) is 26.6 Å². The van der Waals surface area contributed by atoms with Gasteiger partial charge in [0, 0.05) is 0 Å². The SMILES string of the molecule is Cc1cc(C)cc(C(N)COc2ccc(F)c(C)c2)c1. The zero-order chi connectivity index (χ0) is 14.7. The zero-order valence-electron chi connectivity index (χ0n) is 12.1. The van der Waals surface area contributed by atoms with Crippen LogP contribution < -0.4 is 10.5 Å². The van der Waals surface area contributed by atoms with Crippen molar-refractivity contribution in [2.75, 3.05) is 6.61 Å². The summed E-state index contributed by atoms with van der Waals surface area (Å²) in [5, 5.41) is 0. The van der Waals surface area contributed by atoms with Gasteiger partial charge in [-0.25, -0.2) is 4.39 Å². The predicted octanol–water partition coefficient (Wildman–Crippen LogP) is 3.83. The number of ether oxygens (including phenoxy) is 1. The Kier molecular flexibility index (Phi) is 4.40. The minimum Gasteiger partial charge on any atom is -0.492 e. The van der Waals surface area contributed by atoms with Crippen LogP contribution in [0.25, 0.3) is 0 Å². The second-order valence-corrected chi connectivity index (χ2v) is 5.25. The van der Waals surface area contributed by atoms with Crippen molar-refractivity contribution in [3.8, 4) is 5.75 Å². The molecule has 0 saturated carbocycles. The molecule has 2 aromatic carbocycles. The summed E-state index contributed by atoms with van der Waals surface area (Å²) in [5.74, 6) is 0.416. The molecular formula is C17H20FNO. The van der Waals surface area contributed by atoms with Crippen molar-refractivity contribution < 1.29 is 9.13 Å². The van der Waals surface area contributed by atoms with Crippen LogP contribution in [0.4, 0.5) is 4.39 Å². The Bertz CT molecular complexity index is 590. The molecule has 0 aliphatic heterocycles. The third-order valence-electron chi connectivity index (χ3n) is 3.23. The largest absolute Gasteiger partial charge is 0.492 e. The van der Waals surface area contributed by atoms with Gasteiger partial charge in [-0.05, 0) is 50.1 Å². The van der Waals surface area contributed by atoms with Crippen LogP contribution >= 0.6 is 0 Å². The van der Waals surface area contributed by atoms with Crippen LogP contribution in [-0.2, 0) is 0 Å². The van der Waals surface area contributed by atoms with Gasteiger partial charge in [-0.2, -0.15) is 0 Å². The minimum absolute atomic E-state index is 0.195. The maximum Gasteiger partial charge on any atom is 0.126 e. The first kappa shape index (κ1) is 14.5. The number of aryl methyl sites for hydroxylation is 3. The maximum absolute atomic E-state index is 13.2. The lowest BCUT2D eigenvalue weighted by Gasteiger charge is -2.15. The summed E-state index contributed by atoms with van der Waals surface area (Å²) in [7, 11) is 0. The zero-order valence-corrected chi connectivity index (χ0v) is 12.1. The lowest BCUT2D eigenvalue weighted by Crippen LogP contribution is -2.19. The highest BCUT2D eigenvalue weighted by atomic mass is 19.1. The van der Waals surface area contributed by atoms with Gasteiger partial charge in [0.25, 0.3) is 0 Å². The van der Waals surface area contributed by atoms with Crippen LogP contribution in [0.1, 0.15) is 28.3 Å². The molecule has 0 bridgehead atoms. The molecule has 0 radical (unpaired) electrons. The van der Waals surface area contributed by atoms with Crippen molar-refractivity contribution in [2.45, 2.75) is 26.8 Å². The van der Waals surface area contributed by atoms with Gasteiger partial charge in [-0.15, -0.1) is 0 Å². The Hall–Kier alpha value is -1.87. The molecule has 0 amide bonds. The summed E-state index contributed by atoms with van der Waals surface area (Å²) in [6, 6.07) is 10.8. The number of rotatable bonds is 4. The van der Waals surface area contributed by atoms with E-state index in [2.05, 4.69) is 18.2 Å². The summed E-state index contributed by atoms with van der Waals surface area (Å²) in [6.07, 6.45) is 0. The molecule has 2 N–H and O–H groups in total. The molecule has 0 aromatic heterocycles. The van der Waals surface area contributed by atoms with Crippen molar-refractivity contribution in [3.63, 3.8) is 0 Å². The summed E-state index contributed by atoms with van der Waals surface area (Å²) < 4.78 is 18.8. The maximum atomic E-state index is 13.2. The van der Waals surface area contributed by atoms with E-state index in [-0.39, 0.29) is 11.9 Å².